The van der Waals surface area contributed by atoms with E-state index in [1.54, 1.807) is 0 Å². The van der Waals surface area contributed by atoms with E-state index in [0.29, 0.717) is 0 Å². The van der Waals surface area contributed by atoms with Crippen LogP contribution in [0, 0.1) is 6.92 Å². The van der Waals surface area contributed by atoms with E-state index in [1.165, 1.54) is 37.1 Å². The molecule has 1 aromatic carbocycles. The maximum Gasteiger partial charge on any atom is 0.0221 e. The summed E-state index contributed by atoms with van der Waals surface area (Å²) >= 11 is 0. The van der Waals surface area contributed by atoms with Crippen LogP contribution < -0.4 is 5.32 Å². The van der Waals surface area contributed by atoms with Crippen molar-refractivity contribution in [2.24, 2.45) is 0 Å². The molecule has 0 amide bonds. The first kappa shape index (κ1) is 18.7. The molecule has 1 unspecified atom stereocenters. The molecule has 0 radical (unpaired) electrons. The number of hydrogen-bond acceptors (Lipinski definition) is 2. The summed E-state index contributed by atoms with van der Waals surface area (Å²) in [7, 11) is 0. The molecular weight excluding hydrogens is 279 g/mol. The third-order valence-corrected chi connectivity index (χ3v) is 3.73. The molecule has 1 atom stereocenters. The molecule has 1 aliphatic rings. The Balaban J connectivity index is 0.00000162. The maximum absolute atomic E-state index is 3.59. The van der Waals surface area contributed by atoms with Gasteiger partial charge < -0.3 is 5.32 Å². The lowest BCUT2D eigenvalue weighted by Gasteiger charge is -2.23. The number of likely N-dealkylation sites (N-methyl/N-ethyl adjacent to an activating group) is 1. The highest BCUT2D eigenvalue weighted by Crippen LogP contribution is 2.15. The van der Waals surface area contributed by atoms with E-state index < -0.39 is 0 Å². The van der Waals surface area contributed by atoms with Crippen molar-refractivity contribution >= 4 is 24.8 Å². The molecule has 0 spiro atoms. The highest BCUT2D eigenvalue weighted by molar-refractivity contribution is 5.85. The molecule has 4 heteroatoms. The third-order valence-electron chi connectivity index (χ3n) is 3.73. The number of aryl methyl sites for hydroxylation is 1. The molecule has 0 aromatic heterocycles. The van der Waals surface area contributed by atoms with E-state index in [1.807, 2.05) is 0 Å². The molecule has 2 nitrogen and oxygen atoms in total. The molecule has 0 saturated carbocycles. The van der Waals surface area contributed by atoms with Crippen molar-refractivity contribution < 1.29 is 0 Å². The lowest BCUT2D eigenvalue weighted by atomic mass is 10.1. The van der Waals surface area contributed by atoms with Gasteiger partial charge in [-0.3, -0.25) is 4.90 Å². The molecule has 0 aliphatic carbocycles. The van der Waals surface area contributed by atoms with Crippen LogP contribution in [0.25, 0.3) is 0 Å². The Morgan fingerprint density at radius 3 is 2.53 bits per heavy atom. The zero-order valence-corrected chi connectivity index (χ0v) is 13.5. The van der Waals surface area contributed by atoms with Gasteiger partial charge in [0.2, 0.25) is 0 Å². The van der Waals surface area contributed by atoms with Crippen molar-refractivity contribution in [3.05, 3.63) is 35.4 Å². The largest absolute Gasteiger partial charge is 0.311 e. The Morgan fingerprint density at radius 2 is 1.89 bits per heavy atom. The van der Waals surface area contributed by atoms with Crippen LogP contribution >= 0.6 is 24.8 Å². The molecule has 19 heavy (non-hydrogen) atoms. The Kier molecular flexibility index (Phi) is 9.46. The molecule has 1 heterocycles. The number of hydrogen-bond donors (Lipinski definition) is 1. The second-order valence-electron chi connectivity index (χ2n) is 5.04. The molecule has 0 bridgehead atoms. The molecule has 110 valence electrons. The molecule has 1 aromatic rings. The van der Waals surface area contributed by atoms with Gasteiger partial charge in [0, 0.05) is 19.1 Å². The van der Waals surface area contributed by atoms with Gasteiger partial charge in [-0.2, -0.15) is 0 Å². The quantitative estimate of drug-likeness (QED) is 0.897. The summed E-state index contributed by atoms with van der Waals surface area (Å²) in [6, 6.07) is 9.56. The number of benzene rings is 1. The summed E-state index contributed by atoms with van der Waals surface area (Å²) in [4.78, 5) is 2.59. The molecule has 1 fully saturated rings. The average molecular weight is 305 g/mol. The standard InChI is InChI=1S/C15H24N2.2ClH/c1-3-17-10-4-5-15(17)12-16-11-14-8-6-13(2)7-9-14;;/h6-9,15-16H,3-5,10-12H2,1-2H3;2*1H. The summed E-state index contributed by atoms with van der Waals surface area (Å²) in [6.45, 7) is 8.99. The van der Waals surface area contributed by atoms with Crippen LogP contribution in [0.3, 0.4) is 0 Å². The zero-order chi connectivity index (χ0) is 12.1. The Morgan fingerprint density at radius 1 is 1.21 bits per heavy atom. The van der Waals surface area contributed by atoms with Crippen molar-refractivity contribution in [3.63, 3.8) is 0 Å². The van der Waals surface area contributed by atoms with E-state index in [-0.39, 0.29) is 24.8 Å². The Hall–Kier alpha value is -0.280. The number of rotatable bonds is 5. The summed E-state index contributed by atoms with van der Waals surface area (Å²) < 4.78 is 0. The first-order chi connectivity index (χ1) is 8.29. The van der Waals surface area contributed by atoms with Gasteiger partial charge in [0.05, 0.1) is 0 Å². The fraction of sp³-hybridized carbons (Fsp3) is 0.600. The minimum atomic E-state index is 0. The SMILES string of the molecule is CCN1CCCC1CNCc1ccc(C)cc1.Cl.Cl. The van der Waals surface area contributed by atoms with E-state index in [2.05, 4.69) is 48.3 Å². The lowest BCUT2D eigenvalue weighted by Crippen LogP contribution is -2.37. The molecule has 1 saturated heterocycles. The monoisotopic (exact) mass is 304 g/mol. The van der Waals surface area contributed by atoms with E-state index in [9.17, 15) is 0 Å². The lowest BCUT2D eigenvalue weighted by molar-refractivity contribution is 0.260. The highest BCUT2D eigenvalue weighted by atomic mass is 35.5. The van der Waals surface area contributed by atoms with Crippen LogP contribution in [0.5, 0.6) is 0 Å². The fourth-order valence-electron chi connectivity index (χ4n) is 2.63. The molecular formula is C15H26Cl2N2. The van der Waals surface area contributed by atoms with Gasteiger partial charge in [-0.25, -0.2) is 0 Å². The minimum Gasteiger partial charge on any atom is -0.311 e. The normalized spacial score (nSPS) is 18.7. The second-order valence-corrected chi connectivity index (χ2v) is 5.04. The van der Waals surface area contributed by atoms with Crippen LogP contribution in [0.15, 0.2) is 24.3 Å². The summed E-state index contributed by atoms with van der Waals surface area (Å²) in [5.74, 6) is 0. The zero-order valence-electron chi connectivity index (χ0n) is 11.9. The topological polar surface area (TPSA) is 15.3 Å². The Bertz CT molecular complexity index is 341. The fourth-order valence-corrected chi connectivity index (χ4v) is 2.63. The van der Waals surface area contributed by atoms with Gasteiger partial charge in [0.15, 0.2) is 0 Å². The van der Waals surface area contributed by atoms with Gasteiger partial charge in [-0.1, -0.05) is 36.8 Å². The van der Waals surface area contributed by atoms with Gasteiger partial charge in [-0.15, -0.1) is 24.8 Å². The number of halogens is 2. The van der Waals surface area contributed by atoms with Crippen LogP contribution in [-0.2, 0) is 6.54 Å². The van der Waals surface area contributed by atoms with E-state index in [4.69, 9.17) is 0 Å². The van der Waals surface area contributed by atoms with Crippen molar-refractivity contribution in [3.8, 4) is 0 Å². The van der Waals surface area contributed by atoms with Gasteiger partial charge in [0.1, 0.15) is 0 Å². The van der Waals surface area contributed by atoms with E-state index >= 15 is 0 Å². The predicted octanol–water partition coefficient (Wildman–Crippen LogP) is 3.41. The molecule has 2 rings (SSSR count). The van der Waals surface area contributed by atoms with Crippen LogP contribution in [0.1, 0.15) is 30.9 Å². The van der Waals surface area contributed by atoms with Crippen LogP contribution in [0.4, 0.5) is 0 Å². The van der Waals surface area contributed by atoms with Crippen LogP contribution in [0.2, 0.25) is 0 Å². The minimum absolute atomic E-state index is 0. The van der Waals surface area contributed by atoms with Gasteiger partial charge >= 0.3 is 0 Å². The Labute approximate surface area is 129 Å². The van der Waals surface area contributed by atoms with Gasteiger partial charge in [0.25, 0.3) is 0 Å². The van der Waals surface area contributed by atoms with Crippen molar-refractivity contribution in [2.45, 2.75) is 39.3 Å². The number of nitrogens with one attached hydrogen (secondary N) is 1. The molecule has 1 aliphatic heterocycles. The predicted molar refractivity (Wildman–Crippen MR) is 87.7 cm³/mol. The van der Waals surface area contributed by atoms with Crippen LogP contribution in [-0.4, -0.2) is 30.6 Å². The molecule has 1 N–H and O–H groups in total. The summed E-state index contributed by atoms with van der Waals surface area (Å²) in [6.07, 6.45) is 2.72. The third kappa shape index (κ3) is 5.70. The number of nitrogens with zero attached hydrogens (tertiary/aromatic N) is 1. The van der Waals surface area contributed by atoms with Crippen molar-refractivity contribution in [1.29, 1.82) is 0 Å². The number of likely N-dealkylation sites (tertiary alicyclic amines) is 1. The second kappa shape index (κ2) is 9.60. The van der Waals surface area contributed by atoms with Crippen molar-refractivity contribution in [1.82, 2.24) is 10.2 Å². The highest BCUT2D eigenvalue weighted by Gasteiger charge is 2.21. The first-order valence-corrected chi connectivity index (χ1v) is 6.80. The maximum atomic E-state index is 3.59. The van der Waals surface area contributed by atoms with E-state index in [0.717, 1.165) is 19.1 Å². The average Bonchev–Trinajstić information content (AvgIpc) is 2.79. The van der Waals surface area contributed by atoms with Crippen molar-refractivity contribution in [2.75, 3.05) is 19.6 Å². The van der Waals surface area contributed by atoms with Gasteiger partial charge in [-0.05, 0) is 38.4 Å². The smallest absolute Gasteiger partial charge is 0.0221 e. The summed E-state index contributed by atoms with van der Waals surface area (Å²) in [5, 5.41) is 3.59. The summed E-state index contributed by atoms with van der Waals surface area (Å²) in [5.41, 5.74) is 2.72. The first-order valence-electron chi connectivity index (χ1n) is 6.80.